The third kappa shape index (κ3) is 5.00. The van der Waals surface area contributed by atoms with E-state index in [4.69, 9.17) is 4.74 Å². The fourth-order valence-corrected chi connectivity index (χ4v) is 4.63. The Morgan fingerprint density at radius 2 is 1.81 bits per heavy atom. The number of rotatable bonds is 8. The number of pyridine rings is 1. The van der Waals surface area contributed by atoms with E-state index in [9.17, 15) is 4.79 Å². The van der Waals surface area contributed by atoms with Gasteiger partial charge in [-0.15, -0.1) is 0 Å². The number of benzene rings is 2. The molecule has 0 spiro atoms. The number of nitrogens with one attached hydrogen (secondary N) is 1. The minimum Gasteiger partial charge on any atom is -0.497 e. The Labute approximate surface area is 190 Å². The average Bonchev–Trinajstić information content (AvgIpc) is 3.24. The van der Waals surface area contributed by atoms with Gasteiger partial charge in [-0.1, -0.05) is 36.4 Å². The summed E-state index contributed by atoms with van der Waals surface area (Å²) >= 11 is 0. The van der Waals surface area contributed by atoms with Crippen LogP contribution in [0.3, 0.4) is 0 Å². The highest BCUT2D eigenvalue weighted by Gasteiger charge is 2.44. The van der Waals surface area contributed by atoms with Crippen LogP contribution in [0.5, 0.6) is 5.75 Å². The number of hydrogen-bond acceptors (Lipinski definition) is 4. The van der Waals surface area contributed by atoms with Gasteiger partial charge in [0.15, 0.2) is 0 Å². The lowest BCUT2D eigenvalue weighted by molar-refractivity contribution is -0.130. The van der Waals surface area contributed by atoms with Crippen LogP contribution >= 0.6 is 0 Å². The number of aromatic nitrogens is 1. The number of ether oxygens (including phenoxy) is 1. The maximum atomic E-state index is 13.2. The molecule has 166 valence electrons. The molecule has 1 fully saturated rings. The molecule has 1 amide bonds. The topological polar surface area (TPSA) is 54.5 Å². The van der Waals surface area contributed by atoms with Gasteiger partial charge in [-0.05, 0) is 72.8 Å². The monoisotopic (exact) mass is 429 g/mol. The van der Waals surface area contributed by atoms with Gasteiger partial charge in [0.05, 0.1) is 12.5 Å². The van der Waals surface area contributed by atoms with Crippen LogP contribution in [0.4, 0.5) is 0 Å². The molecule has 2 aromatic carbocycles. The van der Waals surface area contributed by atoms with E-state index in [2.05, 4.69) is 51.6 Å². The van der Waals surface area contributed by atoms with Gasteiger partial charge in [-0.3, -0.25) is 14.7 Å². The first-order valence-electron chi connectivity index (χ1n) is 11.2. The Morgan fingerprint density at radius 1 is 1.06 bits per heavy atom. The fraction of sp³-hybridized carbons (Fsp3) is 0.333. The molecular weight excluding hydrogens is 398 g/mol. The Bertz CT molecular complexity index is 1040. The van der Waals surface area contributed by atoms with Gasteiger partial charge in [-0.2, -0.15) is 0 Å². The normalized spacial score (nSPS) is 18.4. The molecule has 0 aliphatic carbocycles. The zero-order valence-electron chi connectivity index (χ0n) is 18.9. The number of methoxy groups -OCH3 is 1. The minimum absolute atomic E-state index is 0.159. The van der Waals surface area contributed by atoms with E-state index in [0.29, 0.717) is 6.54 Å². The summed E-state index contributed by atoms with van der Waals surface area (Å²) in [5, 5.41) is 3.10. The van der Waals surface area contributed by atoms with Crippen molar-refractivity contribution in [2.75, 3.05) is 26.7 Å². The molecule has 1 atom stereocenters. The molecule has 1 aromatic heterocycles. The number of likely N-dealkylation sites (tertiary alicyclic amines) is 1. The smallest absolute Gasteiger partial charge is 0.227 e. The first-order chi connectivity index (χ1) is 15.6. The van der Waals surface area contributed by atoms with E-state index in [-0.39, 0.29) is 5.91 Å². The third-order valence-electron chi connectivity index (χ3n) is 6.30. The van der Waals surface area contributed by atoms with E-state index < -0.39 is 5.41 Å². The number of hydrogen-bond donors (Lipinski definition) is 1. The second-order valence-electron chi connectivity index (χ2n) is 8.56. The maximum absolute atomic E-state index is 13.2. The summed E-state index contributed by atoms with van der Waals surface area (Å²) in [6.45, 7) is 5.11. The Kier molecular flexibility index (Phi) is 6.86. The molecule has 1 aliphatic heterocycles. The largest absolute Gasteiger partial charge is 0.497 e. The highest BCUT2D eigenvalue weighted by molar-refractivity contribution is 5.83. The molecule has 0 radical (unpaired) electrons. The lowest BCUT2D eigenvalue weighted by atomic mass is 9.79. The molecule has 1 aliphatic rings. The van der Waals surface area contributed by atoms with E-state index in [1.807, 2.05) is 43.6 Å². The highest BCUT2D eigenvalue weighted by atomic mass is 16.5. The lowest BCUT2D eigenvalue weighted by Crippen LogP contribution is -2.44. The van der Waals surface area contributed by atoms with Crippen molar-refractivity contribution in [1.82, 2.24) is 15.2 Å². The van der Waals surface area contributed by atoms with Crippen LogP contribution in [0.1, 0.15) is 24.5 Å². The van der Waals surface area contributed by atoms with Gasteiger partial charge >= 0.3 is 0 Å². The van der Waals surface area contributed by atoms with Crippen LogP contribution in [0.2, 0.25) is 0 Å². The number of carbonyl (C=O) groups excluding carboxylic acids is 1. The summed E-state index contributed by atoms with van der Waals surface area (Å²) in [6.07, 6.45) is 5.21. The third-order valence-corrected chi connectivity index (χ3v) is 6.30. The summed E-state index contributed by atoms with van der Waals surface area (Å²) < 4.78 is 5.36. The molecule has 0 saturated carbocycles. The molecule has 5 heteroatoms. The average molecular weight is 430 g/mol. The van der Waals surface area contributed by atoms with Crippen molar-refractivity contribution in [2.45, 2.75) is 26.3 Å². The lowest BCUT2D eigenvalue weighted by Gasteiger charge is -2.28. The van der Waals surface area contributed by atoms with Crippen molar-refractivity contribution < 1.29 is 9.53 Å². The molecule has 1 saturated heterocycles. The number of nitrogens with zero attached hydrogens (tertiary/aromatic N) is 2. The Hall–Kier alpha value is -3.18. The molecule has 0 bridgehead atoms. The van der Waals surface area contributed by atoms with Crippen molar-refractivity contribution in [2.24, 2.45) is 5.41 Å². The molecule has 2 heterocycles. The summed E-state index contributed by atoms with van der Waals surface area (Å²) in [4.78, 5) is 19.7. The van der Waals surface area contributed by atoms with Gasteiger partial charge in [0.1, 0.15) is 5.75 Å². The Balaban J connectivity index is 1.50. The van der Waals surface area contributed by atoms with Gasteiger partial charge in [0, 0.05) is 32.0 Å². The van der Waals surface area contributed by atoms with Crippen LogP contribution < -0.4 is 10.1 Å². The summed E-state index contributed by atoms with van der Waals surface area (Å²) in [5.41, 5.74) is 4.30. The SMILES string of the molecule is CCNC(=O)[C@@]1(Cc2ccc(-c3ccncc3)cc2)CCN(Cc2cccc(OC)c2)C1. The zero-order valence-corrected chi connectivity index (χ0v) is 18.9. The molecule has 32 heavy (non-hydrogen) atoms. The van der Waals surface area contributed by atoms with E-state index >= 15 is 0 Å². The van der Waals surface area contributed by atoms with Gasteiger partial charge < -0.3 is 10.1 Å². The van der Waals surface area contributed by atoms with E-state index in [1.165, 1.54) is 11.1 Å². The zero-order chi connectivity index (χ0) is 22.4. The summed E-state index contributed by atoms with van der Waals surface area (Å²) in [5.74, 6) is 1.03. The maximum Gasteiger partial charge on any atom is 0.227 e. The fourth-order valence-electron chi connectivity index (χ4n) is 4.63. The van der Waals surface area contributed by atoms with Gasteiger partial charge in [0.25, 0.3) is 0 Å². The van der Waals surface area contributed by atoms with Crippen LogP contribution in [0.25, 0.3) is 11.1 Å². The van der Waals surface area contributed by atoms with Crippen LogP contribution in [0, 0.1) is 5.41 Å². The first-order valence-corrected chi connectivity index (χ1v) is 11.2. The molecular formula is C27H31N3O2. The molecule has 5 nitrogen and oxygen atoms in total. The van der Waals surface area contributed by atoms with Crippen molar-refractivity contribution in [3.05, 3.63) is 84.2 Å². The standard InChI is InChI=1S/C27H31N3O2/c1-3-29-26(31)27(13-16-30(20-27)19-22-5-4-6-25(17-22)32-2)18-21-7-9-23(10-8-21)24-11-14-28-15-12-24/h4-12,14-15,17H,3,13,16,18-20H2,1-2H3,(H,29,31)/t27-/m1/s1. The number of amides is 1. The van der Waals surface area contributed by atoms with Crippen LogP contribution in [0.15, 0.2) is 73.1 Å². The van der Waals surface area contributed by atoms with Gasteiger partial charge in [-0.25, -0.2) is 0 Å². The molecule has 0 unspecified atom stereocenters. The number of carbonyl (C=O) groups is 1. The van der Waals surface area contributed by atoms with Crippen molar-refractivity contribution >= 4 is 5.91 Å². The first kappa shape index (κ1) is 22.0. The highest BCUT2D eigenvalue weighted by Crippen LogP contribution is 2.36. The van der Waals surface area contributed by atoms with Crippen molar-refractivity contribution in [1.29, 1.82) is 0 Å². The predicted octanol–water partition coefficient (Wildman–Crippen LogP) is 4.33. The molecule has 4 rings (SSSR count). The van der Waals surface area contributed by atoms with Crippen LogP contribution in [-0.2, 0) is 17.8 Å². The second kappa shape index (κ2) is 9.96. The van der Waals surface area contributed by atoms with Crippen molar-refractivity contribution in [3.63, 3.8) is 0 Å². The summed E-state index contributed by atoms with van der Waals surface area (Å²) in [6, 6.07) is 20.8. The van der Waals surface area contributed by atoms with Crippen LogP contribution in [-0.4, -0.2) is 42.5 Å². The second-order valence-corrected chi connectivity index (χ2v) is 8.56. The predicted molar refractivity (Wildman–Crippen MR) is 127 cm³/mol. The molecule has 1 N–H and O–H groups in total. The van der Waals surface area contributed by atoms with Gasteiger partial charge in [0.2, 0.25) is 5.91 Å². The van der Waals surface area contributed by atoms with E-state index in [0.717, 1.165) is 49.4 Å². The summed E-state index contributed by atoms with van der Waals surface area (Å²) in [7, 11) is 1.69. The molecule has 3 aromatic rings. The Morgan fingerprint density at radius 3 is 2.53 bits per heavy atom. The quantitative estimate of drug-likeness (QED) is 0.579. The minimum atomic E-state index is -0.410. The van der Waals surface area contributed by atoms with Crippen molar-refractivity contribution in [3.8, 4) is 16.9 Å². The van der Waals surface area contributed by atoms with E-state index in [1.54, 1.807) is 7.11 Å².